The van der Waals surface area contributed by atoms with E-state index in [2.05, 4.69) is 213 Å². The summed E-state index contributed by atoms with van der Waals surface area (Å²) in [5.41, 5.74) is 18.2. The lowest BCUT2D eigenvalue weighted by Gasteiger charge is -2.33. The van der Waals surface area contributed by atoms with Gasteiger partial charge in [-0.15, -0.1) is 0 Å². The first kappa shape index (κ1) is 36.7. The largest absolute Gasteiger partial charge is 0.245 e. The van der Waals surface area contributed by atoms with E-state index in [1.54, 1.807) is 18.1 Å². The second-order valence-corrected chi connectivity index (χ2v) is 21.1. The summed E-state index contributed by atoms with van der Waals surface area (Å²) in [5.74, 6) is 0. The number of aryl methyl sites for hydroxylation is 1. The average Bonchev–Trinajstić information content (AvgIpc) is 3.29. The molecule has 1 aliphatic heterocycles. The Balaban J connectivity index is 1.32. The number of benzene rings is 8. The molecular formula is C55H42N2SSi. The van der Waals surface area contributed by atoms with Gasteiger partial charge in [0.05, 0.1) is 0 Å². The molecule has 0 saturated heterocycles. The molecule has 4 heteroatoms. The minimum Gasteiger partial charge on any atom is -0.245 e. The van der Waals surface area contributed by atoms with Gasteiger partial charge in [0, 0.05) is 11.1 Å². The second-order valence-electron chi connectivity index (χ2n) is 15.8. The number of aromatic nitrogens is 2. The molecule has 0 amide bonds. The third kappa shape index (κ3) is 6.46. The van der Waals surface area contributed by atoms with Crippen LogP contribution in [0.25, 0.3) is 77.9 Å². The fourth-order valence-corrected chi connectivity index (χ4v) is 14.3. The number of fused-ring (bicyclic) bond motifs is 2. The Labute approximate surface area is 352 Å². The molecule has 0 radical (unpaired) electrons. The van der Waals surface area contributed by atoms with E-state index in [1.807, 2.05) is 6.20 Å². The molecule has 1 aliphatic rings. The van der Waals surface area contributed by atoms with E-state index in [9.17, 15) is 0 Å². The summed E-state index contributed by atoms with van der Waals surface area (Å²) in [5, 5.41) is 3.85. The Morgan fingerprint density at radius 3 is 1.08 bits per heavy atom. The van der Waals surface area contributed by atoms with Crippen LogP contribution in [0.15, 0.2) is 211 Å². The molecule has 0 bridgehead atoms. The summed E-state index contributed by atoms with van der Waals surface area (Å²) in [6, 6.07) is 69.0. The van der Waals surface area contributed by atoms with Gasteiger partial charge >= 0.3 is 0 Å². The van der Waals surface area contributed by atoms with Crippen molar-refractivity contribution in [3.05, 3.63) is 206 Å². The zero-order valence-electron chi connectivity index (χ0n) is 33.4. The van der Waals surface area contributed by atoms with Crippen LogP contribution < -0.4 is 10.4 Å². The zero-order chi connectivity index (χ0) is 39.9. The highest BCUT2D eigenvalue weighted by Gasteiger charge is 2.38. The summed E-state index contributed by atoms with van der Waals surface area (Å²) in [6.45, 7) is 7.11. The smallest absolute Gasteiger partial charge is 0.119 e. The molecular weight excluding hydrogens is 749 g/mol. The summed E-state index contributed by atoms with van der Waals surface area (Å²) in [4.78, 5) is 10.6. The van der Waals surface area contributed by atoms with Crippen LogP contribution >= 0.6 is 11.8 Å². The van der Waals surface area contributed by atoms with Gasteiger partial charge in [0.2, 0.25) is 0 Å². The Bertz CT molecular complexity index is 2850. The SMILES string of the molecule is Cc1ccc2c(c1-c1ccc(-c3c(-c4ccccc4)c(-c4ccccc4)c(-c4ccccc4)c(-c4ccccc4)c3-c3ccccc3)cc1)Sc1ncncc1[Si]2(C)C. The molecule has 0 atom stereocenters. The molecule has 0 saturated carbocycles. The maximum atomic E-state index is 4.79. The second kappa shape index (κ2) is 15.3. The molecule has 0 N–H and O–H groups in total. The Kier molecular flexibility index (Phi) is 9.52. The minimum atomic E-state index is -2.03. The molecule has 0 unspecified atom stereocenters. The number of hydrogen-bond donors (Lipinski definition) is 0. The third-order valence-electron chi connectivity index (χ3n) is 11.9. The van der Waals surface area contributed by atoms with E-state index in [0.717, 1.165) is 5.03 Å². The minimum absolute atomic E-state index is 1.09. The van der Waals surface area contributed by atoms with Crippen LogP contribution in [0.2, 0.25) is 13.1 Å². The van der Waals surface area contributed by atoms with Crippen LogP contribution in [-0.2, 0) is 0 Å². The third-order valence-corrected chi connectivity index (χ3v) is 16.8. The van der Waals surface area contributed by atoms with Gasteiger partial charge in [-0.2, -0.15) is 0 Å². The highest BCUT2D eigenvalue weighted by atomic mass is 32.2. The van der Waals surface area contributed by atoms with Gasteiger partial charge in [-0.05, 0) is 101 Å². The lowest BCUT2D eigenvalue weighted by atomic mass is 9.74. The molecule has 2 nitrogen and oxygen atoms in total. The van der Waals surface area contributed by atoms with Crippen LogP contribution in [0.5, 0.6) is 0 Å². The molecule has 10 rings (SSSR count). The first-order chi connectivity index (χ1) is 29.0. The Morgan fingerprint density at radius 1 is 0.373 bits per heavy atom. The highest BCUT2D eigenvalue weighted by Crippen LogP contribution is 2.56. The van der Waals surface area contributed by atoms with Crippen molar-refractivity contribution < 1.29 is 0 Å². The van der Waals surface area contributed by atoms with Crippen molar-refractivity contribution in [2.24, 2.45) is 0 Å². The van der Waals surface area contributed by atoms with E-state index in [-0.39, 0.29) is 0 Å². The van der Waals surface area contributed by atoms with Gasteiger partial charge in [-0.1, -0.05) is 213 Å². The predicted molar refractivity (Wildman–Crippen MR) is 252 cm³/mol. The van der Waals surface area contributed by atoms with E-state index in [4.69, 9.17) is 4.98 Å². The van der Waals surface area contributed by atoms with E-state index in [0.29, 0.717) is 0 Å². The zero-order valence-corrected chi connectivity index (χ0v) is 35.2. The molecule has 0 aliphatic carbocycles. The standard InChI is InChI=1S/C55H42N2SSi/c1-37-29-34-45-54(58-55-46(59(45,2)3)35-56-36-57-55)47(37)43-30-32-44(33-31-43)53-51(41-25-15-7-16-26-41)49(39-21-11-5-12-22-39)48(38-19-9-4-10-20-38)50(40-23-13-6-14-24-40)52(53)42-27-17-8-18-28-42/h4-36H,1-3H3. The maximum Gasteiger partial charge on any atom is 0.119 e. The van der Waals surface area contributed by atoms with Gasteiger partial charge in [0.1, 0.15) is 19.4 Å². The van der Waals surface area contributed by atoms with Crippen molar-refractivity contribution >= 4 is 30.2 Å². The van der Waals surface area contributed by atoms with E-state index >= 15 is 0 Å². The molecule has 9 aromatic rings. The van der Waals surface area contributed by atoms with Crippen molar-refractivity contribution in [2.45, 2.75) is 29.9 Å². The van der Waals surface area contributed by atoms with Crippen LogP contribution in [0, 0.1) is 6.92 Å². The van der Waals surface area contributed by atoms with Crippen LogP contribution in [0.1, 0.15) is 5.56 Å². The molecule has 1 aromatic heterocycles. The topological polar surface area (TPSA) is 25.8 Å². The van der Waals surface area contributed by atoms with Gasteiger partial charge in [0.25, 0.3) is 0 Å². The molecule has 282 valence electrons. The van der Waals surface area contributed by atoms with E-state index in [1.165, 1.54) is 98.7 Å². The van der Waals surface area contributed by atoms with Crippen LogP contribution in [0.3, 0.4) is 0 Å². The van der Waals surface area contributed by atoms with E-state index < -0.39 is 8.07 Å². The molecule has 0 spiro atoms. The average molecular weight is 791 g/mol. The summed E-state index contributed by atoms with van der Waals surface area (Å²) < 4.78 is 0. The maximum absolute atomic E-state index is 4.79. The van der Waals surface area contributed by atoms with Gasteiger partial charge in [-0.25, -0.2) is 9.97 Å². The van der Waals surface area contributed by atoms with Crippen molar-refractivity contribution in [3.63, 3.8) is 0 Å². The lowest BCUT2D eigenvalue weighted by molar-refractivity contribution is 1.06. The fraction of sp³-hybridized carbons (Fsp3) is 0.0545. The molecule has 59 heavy (non-hydrogen) atoms. The predicted octanol–water partition coefficient (Wildman–Crippen LogP) is 13.7. The number of rotatable bonds is 7. The van der Waals surface area contributed by atoms with Crippen LogP contribution in [0.4, 0.5) is 0 Å². The number of nitrogens with zero attached hydrogens (tertiary/aromatic N) is 2. The first-order valence-corrected chi connectivity index (χ1v) is 24.0. The van der Waals surface area contributed by atoms with Crippen molar-refractivity contribution in [3.8, 4) is 77.9 Å². The fourth-order valence-electron chi connectivity index (χ4n) is 9.02. The van der Waals surface area contributed by atoms with Crippen molar-refractivity contribution in [1.82, 2.24) is 9.97 Å². The van der Waals surface area contributed by atoms with Crippen molar-refractivity contribution in [1.29, 1.82) is 0 Å². The summed E-state index contributed by atoms with van der Waals surface area (Å²) in [7, 11) is -2.03. The Morgan fingerprint density at radius 2 is 0.712 bits per heavy atom. The van der Waals surface area contributed by atoms with Crippen molar-refractivity contribution in [2.75, 3.05) is 0 Å². The summed E-state index contributed by atoms with van der Waals surface area (Å²) >= 11 is 1.80. The van der Waals surface area contributed by atoms with Crippen LogP contribution in [-0.4, -0.2) is 18.0 Å². The van der Waals surface area contributed by atoms with Gasteiger partial charge in [-0.3, -0.25) is 0 Å². The number of hydrogen-bond acceptors (Lipinski definition) is 3. The van der Waals surface area contributed by atoms with Gasteiger partial charge in [0.15, 0.2) is 0 Å². The molecule has 2 heterocycles. The highest BCUT2D eigenvalue weighted by molar-refractivity contribution is 8.00. The first-order valence-electron chi connectivity index (χ1n) is 20.2. The molecule has 8 aromatic carbocycles. The molecule has 0 fully saturated rings. The monoisotopic (exact) mass is 790 g/mol. The Hall–Kier alpha value is -6.59. The summed E-state index contributed by atoms with van der Waals surface area (Å²) in [6.07, 6.45) is 3.74. The normalized spacial score (nSPS) is 12.7. The lowest BCUT2D eigenvalue weighted by Crippen LogP contribution is -2.56. The quantitative estimate of drug-likeness (QED) is 0.119. The van der Waals surface area contributed by atoms with Gasteiger partial charge < -0.3 is 0 Å².